The van der Waals surface area contributed by atoms with Crippen molar-refractivity contribution in [3.63, 3.8) is 0 Å². The number of rotatable bonds is 8. The molecule has 120 valence electrons. The molecule has 0 aromatic carbocycles. The van der Waals surface area contributed by atoms with Gasteiger partial charge in [0.15, 0.2) is 5.13 Å². The van der Waals surface area contributed by atoms with Crippen LogP contribution in [-0.4, -0.2) is 50.2 Å². The van der Waals surface area contributed by atoms with E-state index in [-0.39, 0.29) is 0 Å². The average molecular weight is 311 g/mol. The Balaban J connectivity index is 2.14. The Hall–Kier alpha value is -0.650. The Bertz CT molecular complexity index is 430. The number of aromatic nitrogens is 1. The highest BCUT2D eigenvalue weighted by Crippen LogP contribution is 2.36. The molecule has 0 saturated heterocycles. The minimum atomic E-state index is 0.473. The van der Waals surface area contributed by atoms with Gasteiger partial charge in [-0.25, -0.2) is 4.98 Å². The molecule has 0 saturated carbocycles. The quantitative estimate of drug-likeness (QED) is 0.800. The second-order valence-electron chi connectivity index (χ2n) is 6.10. The van der Waals surface area contributed by atoms with Crippen LogP contribution in [0.1, 0.15) is 49.7 Å². The number of hydrogen-bond acceptors (Lipinski definition) is 5. The summed E-state index contributed by atoms with van der Waals surface area (Å²) in [5.41, 5.74) is 1.33. The lowest BCUT2D eigenvalue weighted by atomic mass is 9.98. The predicted octanol–water partition coefficient (Wildman–Crippen LogP) is 2.91. The second-order valence-corrected chi connectivity index (χ2v) is 7.16. The molecule has 0 radical (unpaired) electrons. The predicted molar refractivity (Wildman–Crippen MR) is 92.5 cm³/mol. The zero-order valence-electron chi connectivity index (χ0n) is 14.0. The van der Waals surface area contributed by atoms with E-state index in [1.165, 1.54) is 41.4 Å². The average Bonchev–Trinajstić information content (AvgIpc) is 2.88. The van der Waals surface area contributed by atoms with Gasteiger partial charge in [-0.2, -0.15) is 0 Å². The van der Waals surface area contributed by atoms with Gasteiger partial charge < -0.3 is 15.1 Å². The number of nitrogens with zero attached hydrogens (tertiary/aromatic N) is 3. The maximum absolute atomic E-state index is 5.01. The van der Waals surface area contributed by atoms with E-state index in [9.17, 15) is 0 Å². The smallest absolute Gasteiger partial charge is 0.185 e. The molecule has 0 spiro atoms. The summed E-state index contributed by atoms with van der Waals surface area (Å²) in [6.07, 6.45) is 4.91. The van der Waals surface area contributed by atoms with Crippen molar-refractivity contribution in [2.75, 3.05) is 45.2 Å². The molecule has 1 aliphatic rings. The first-order valence-electron chi connectivity index (χ1n) is 8.28. The van der Waals surface area contributed by atoms with Crippen LogP contribution >= 0.6 is 11.3 Å². The maximum atomic E-state index is 5.01. The highest BCUT2D eigenvalue weighted by atomic mass is 32.1. The Morgan fingerprint density at radius 3 is 2.71 bits per heavy atom. The van der Waals surface area contributed by atoms with Crippen LogP contribution in [0.4, 0.5) is 5.13 Å². The molecule has 5 heteroatoms. The van der Waals surface area contributed by atoms with E-state index in [4.69, 9.17) is 4.98 Å². The molecule has 1 N–H and O–H groups in total. The van der Waals surface area contributed by atoms with E-state index >= 15 is 0 Å². The monoisotopic (exact) mass is 310 g/mol. The molecule has 2 rings (SSSR count). The van der Waals surface area contributed by atoms with Crippen molar-refractivity contribution in [2.24, 2.45) is 0 Å². The summed E-state index contributed by atoms with van der Waals surface area (Å²) >= 11 is 1.92. The summed E-state index contributed by atoms with van der Waals surface area (Å²) in [5, 5.41) is 4.82. The Labute approximate surface area is 133 Å². The fourth-order valence-electron chi connectivity index (χ4n) is 2.88. The lowest BCUT2D eigenvalue weighted by Gasteiger charge is -2.23. The van der Waals surface area contributed by atoms with Gasteiger partial charge in [0.1, 0.15) is 0 Å². The van der Waals surface area contributed by atoms with Gasteiger partial charge in [-0.05, 0) is 46.3 Å². The van der Waals surface area contributed by atoms with Crippen molar-refractivity contribution < 1.29 is 0 Å². The first kappa shape index (κ1) is 16.7. The molecule has 0 fully saturated rings. The minimum Gasteiger partial charge on any atom is -0.347 e. The number of nitrogens with one attached hydrogen (secondary N) is 1. The maximum Gasteiger partial charge on any atom is 0.185 e. The lowest BCUT2D eigenvalue weighted by molar-refractivity contribution is 0.412. The van der Waals surface area contributed by atoms with Gasteiger partial charge in [0.05, 0.1) is 11.7 Å². The van der Waals surface area contributed by atoms with E-state index in [2.05, 4.69) is 43.1 Å². The third-order valence-electron chi connectivity index (χ3n) is 3.97. The zero-order valence-corrected chi connectivity index (χ0v) is 14.8. The molecule has 1 aromatic heterocycles. The van der Waals surface area contributed by atoms with Crippen LogP contribution in [0, 0.1) is 0 Å². The van der Waals surface area contributed by atoms with Gasteiger partial charge in [0.2, 0.25) is 0 Å². The van der Waals surface area contributed by atoms with Gasteiger partial charge in [0.25, 0.3) is 0 Å². The topological polar surface area (TPSA) is 31.4 Å². The van der Waals surface area contributed by atoms with Gasteiger partial charge >= 0.3 is 0 Å². The standard InChI is InChI=1S/C16H30N4S/c1-5-10-20(12-11-19(3)4)16-18-15-13(17-6-2)8-7-9-14(15)21-16/h13,17H,5-12H2,1-4H3. The number of anilines is 1. The zero-order chi connectivity index (χ0) is 15.2. The van der Waals surface area contributed by atoms with Crippen LogP contribution in [0.2, 0.25) is 0 Å². The van der Waals surface area contributed by atoms with Crippen LogP contribution in [0.3, 0.4) is 0 Å². The van der Waals surface area contributed by atoms with E-state index in [0.717, 1.165) is 26.2 Å². The molecule has 0 aliphatic heterocycles. The summed E-state index contributed by atoms with van der Waals surface area (Å²) in [5.74, 6) is 0. The van der Waals surface area contributed by atoms with Crippen LogP contribution in [0.25, 0.3) is 0 Å². The molecule has 0 amide bonds. The molecule has 1 aromatic rings. The fourth-order valence-corrected chi connectivity index (χ4v) is 4.09. The molecule has 1 heterocycles. The molecular formula is C16H30N4S. The highest BCUT2D eigenvalue weighted by molar-refractivity contribution is 7.15. The molecule has 21 heavy (non-hydrogen) atoms. The van der Waals surface area contributed by atoms with Gasteiger partial charge in [-0.15, -0.1) is 11.3 Å². The Kier molecular flexibility index (Phi) is 6.45. The van der Waals surface area contributed by atoms with Crippen molar-refractivity contribution in [2.45, 2.75) is 45.6 Å². The molecule has 0 bridgehead atoms. The number of likely N-dealkylation sites (N-methyl/N-ethyl adjacent to an activating group) is 1. The largest absolute Gasteiger partial charge is 0.347 e. The fraction of sp³-hybridized carbons (Fsp3) is 0.812. The molecule has 4 nitrogen and oxygen atoms in total. The third kappa shape index (κ3) is 4.41. The first-order valence-corrected chi connectivity index (χ1v) is 9.10. The van der Waals surface area contributed by atoms with E-state index in [1.807, 2.05) is 11.3 Å². The van der Waals surface area contributed by atoms with Crippen LogP contribution in [0.5, 0.6) is 0 Å². The van der Waals surface area contributed by atoms with Crippen LogP contribution < -0.4 is 10.2 Å². The number of thiazole rings is 1. The normalized spacial score (nSPS) is 18.0. The van der Waals surface area contributed by atoms with Crippen molar-refractivity contribution in [1.82, 2.24) is 15.2 Å². The third-order valence-corrected chi connectivity index (χ3v) is 5.17. The summed E-state index contributed by atoms with van der Waals surface area (Å²) in [4.78, 5) is 11.2. The van der Waals surface area contributed by atoms with Crippen molar-refractivity contribution in [3.05, 3.63) is 10.6 Å². The van der Waals surface area contributed by atoms with E-state index in [0.29, 0.717) is 6.04 Å². The van der Waals surface area contributed by atoms with E-state index < -0.39 is 0 Å². The summed E-state index contributed by atoms with van der Waals surface area (Å²) < 4.78 is 0. The van der Waals surface area contributed by atoms with Crippen LogP contribution in [0.15, 0.2) is 0 Å². The van der Waals surface area contributed by atoms with E-state index in [1.54, 1.807) is 0 Å². The van der Waals surface area contributed by atoms with Gasteiger partial charge in [0, 0.05) is 24.5 Å². The lowest BCUT2D eigenvalue weighted by Crippen LogP contribution is -2.32. The first-order chi connectivity index (χ1) is 10.2. The summed E-state index contributed by atoms with van der Waals surface area (Å²) in [6.45, 7) is 8.71. The Morgan fingerprint density at radius 2 is 2.05 bits per heavy atom. The van der Waals surface area contributed by atoms with Gasteiger partial charge in [-0.3, -0.25) is 0 Å². The molecule has 1 unspecified atom stereocenters. The number of aryl methyl sites for hydroxylation is 1. The van der Waals surface area contributed by atoms with Gasteiger partial charge in [-0.1, -0.05) is 13.8 Å². The molecular weight excluding hydrogens is 280 g/mol. The number of fused-ring (bicyclic) bond motifs is 1. The summed E-state index contributed by atoms with van der Waals surface area (Å²) in [7, 11) is 4.27. The second kappa shape index (κ2) is 8.11. The van der Waals surface area contributed by atoms with Crippen molar-refractivity contribution in [3.8, 4) is 0 Å². The molecule has 1 atom stereocenters. The molecule has 1 aliphatic carbocycles. The van der Waals surface area contributed by atoms with Crippen LogP contribution in [-0.2, 0) is 6.42 Å². The van der Waals surface area contributed by atoms with Crippen molar-refractivity contribution in [1.29, 1.82) is 0 Å². The Morgan fingerprint density at radius 1 is 1.24 bits per heavy atom. The highest BCUT2D eigenvalue weighted by Gasteiger charge is 2.25. The SMILES string of the molecule is CCCN(CCN(C)C)c1nc2c(s1)CCCC2NCC. The summed E-state index contributed by atoms with van der Waals surface area (Å²) in [6, 6.07) is 0.473. The van der Waals surface area contributed by atoms with Crippen molar-refractivity contribution >= 4 is 16.5 Å². The minimum absolute atomic E-state index is 0.473. The number of hydrogen-bond donors (Lipinski definition) is 1.